The Morgan fingerprint density at radius 2 is 0.827 bits per heavy atom. The highest BCUT2D eigenvalue weighted by atomic mass is 31.2. The van der Waals surface area contributed by atoms with E-state index in [1.165, 1.54) is 77.0 Å². The first-order valence-corrected chi connectivity index (χ1v) is 31.2. The maximum atomic E-state index is 12.9. The molecule has 0 saturated heterocycles. The number of aliphatic hydroxyl groups is 1. The van der Waals surface area contributed by atoms with Gasteiger partial charge in [-0.05, 0) is 109 Å². The number of carbonyl (C=O) groups is 1. The highest BCUT2D eigenvalue weighted by molar-refractivity contribution is 7.45. The number of rotatable bonds is 52. The number of phosphoric ester groups is 1. The summed E-state index contributed by atoms with van der Waals surface area (Å²) in [6.07, 6.45) is 85.0. The lowest BCUT2D eigenvalue weighted by molar-refractivity contribution is -0.870. The fourth-order valence-corrected chi connectivity index (χ4v) is 8.39. The van der Waals surface area contributed by atoms with Crippen molar-refractivity contribution in [1.82, 2.24) is 5.32 Å². The van der Waals surface area contributed by atoms with E-state index < -0.39 is 26.6 Å². The zero-order valence-electron chi connectivity index (χ0n) is 48.4. The molecule has 0 rings (SSSR count). The molecule has 0 aliphatic heterocycles. The van der Waals surface area contributed by atoms with Crippen LogP contribution in [0.4, 0.5) is 0 Å². The van der Waals surface area contributed by atoms with E-state index >= 15 is 0 Å². The number of nitrogens with one attached hydrogen (secondary N) is 1. The lowest BCUT2D eigenvalue weighted by atomic mass is 10.1. The van der Waals surface area contributed by atoms with Crippen LogP contribution in [0.5, 0.6) is 0 Å². The van der Waals surface area contributed by atoms with Gasteiger partial charge in [-0.3, -0.25) is 9.36 Å². The second-order valence-corrected chi connectivity index (χ2v) is 22.0. The highest BCUT2D eigenvalue weighted by Gasteiger charge is 2.23. The Hall–Kier alpha value is -3.62. The lowest BCUT2D eigenvalue weighted by Gasteiger charge is -2.29. The van der Waals surface area contributed by atoms with Gasteiger partial charge < -0.3 is 28.8 Å². The van der Waals surface area contributed by atoms with Crippen LogP contribution in [0.1, 0.15) is 213 Å². The minimum absolute atomic E-state index is 0.0154. The number of aliphatic hydroxyl groups excluding tert-OH is 1. The van der Waals surface area contributed by atoms with E-state index in [0.717, 1.165) is 116 Å². The Morgan fingerprint density at radius 1 is 0.480 bits per heavy atom. The second kappa shape index (κ2) is 55.1. The summed E-state index contributed by atoms with van der Waals surface area (Å²) in [5, 5.41) is 13.8. The standard InChI is InChI=1S/C66H111N2O6P/c1-6-8-10-12-14-16-18-20-22-23-24-25-26-27-28-29-30-31-32-33-34-35-36-37-38-39-40-41-42-43-44-45-46-48-50-52-54-56-58-60-66(70)67-64(63-74-75(71,72)73-62-61-68(3,4)5)65(69)59-57-55-53-51-49-47-21-19-17-15-13-11-9-7-2/h8,10,14,16,20,22,24-25,27-28,30-31,33-34,36-37,39-40,42-43,49,51,57,59,64-65,69H,6-7,9,11-13,15,17-19,21,23,26,29,32,35,38,41,44-48,50,52-56,58,60-63H2,1-5H3,(H-,67,70,71,72)/b10-8-,16-14-,22-20-,25-24-,28-27-,31-30-,34-33-,37-36-,40-39-,43-42-,51-49+,59-57+. The van der Waals surface area contributed by atoms with Gasteiger partial charge in [0.05, 0.1) is 39.9 Å². The summed E-state index contributed by atoms with van der Waals surface area (Å²) in [5.41, 5.74) is 0. The van der Waals surface area contributed by atoms with Gasteiger partial charge in [-0.25, -0.2) is 0 Å². The lowest BCUT2D eigenvalue weighted by Crippen LogP contribution is -2.45. The quantitative estimate of drug-likeness (QED) is 0.0272. The average molecular weight is 1060 g/mol. The molecule has 1 amide bonds. The van der Waals surface area contributed by atoms with Crippen molar-refractivity contribution < 1.29 is 32.9 Å². The van der Waals surface area contributed by atoms with Crippen LogP contribution >= 0.6 is 7.82 Å². The molecule has 0 fully saturated rings. The molecule has 0 radical (unpaired) electrons. The fraction of sp³-hybridized carbons (Fsp3) is 0.621. The maximum absolute atomic E-state index is 12.9. The summed E-state index contributed by atoms with van der Waals surface area (Å²) >= 11 is 0. The van der Waals surface area contributed by atoms with E-state index in [2.05, 4.69) is 153 Å². The van der Waals surface area contributed by atoms with Gasteiger partial charge in [0.2, 0.25) is 5.91 Å². The third-order valence-electron chi connectivity index (χ3n) is 12.3. The van der Waals surface area contributed by atoms with Gasteiger partial charge in [0.25, 0.3) is 7.82 Å². The number of nitrogens with zero attached hydrogens (tertiary/aromatic N) is 1. The average Bonchev–Trinajstić information content (AvgIpc) is 3.37. The van der Waals surface area contributed by atoms with Gasteiger partial charge in [-0.15, -0.1) is 0 Å². The van der Waals surface area contributed by atoms with Crippen LogP contribution in [-0.4, -0.2) is 68.5 Å². The first-order chi connectivity index (χ1) is 36.5. The van der Waals surface area contributed by atoms with E-state index in [0.29, 0.717) is 17.4 Å². The van der Waals surface area contributed by atoms with Gasteiger partial charge in [0.1, 0.15) is 13.2 Å². The van der Waals surface area contributed by atoms with Gasteiger partial charge in [-0.1, -0.05) is 243 Å². The molecule has 0 bridgehead atoms. The molecule has 3 atom stereocenters. The molecule has 426 valence electrons. The first-order valence-electron chi connectivity index (χ1n) is 29.7. The number of carbonyl (C=O) groups excluding carboxylic acids is 1. The van der Waals surface area contributed by atoms with Crippen molar-refractivity contribution >= 4 is 13.7 Å². The third-order valence-corrected chi connectivity index (χ3v) is 13.2. The molecular formula is C66H111N2O6P. The molecular weight excluding hydrogens is 948 g/mol. The molecule has 75 heavy (non-hydrogen) atoms. The zero-order chi connectivity index (χ0) is 54.9. The number of amides is 1. The van der Waals surface area contributed by atoms with Crippen LogP contribution in [-0.2, 0) is 18.4 Å². The summed E-state index contributed by atoms with van der Waals surface area (Å²) in [5.74, 6) is -0.223. The number of hydrogen-bond donors (Lipinski definition) is 2. The highest BCUT2D eigenvalue weighted by Crippen LogP contribution is 2.38. The van der Waals surface area contributed by atoms with Crippen molar-refractivity contribution in [1.29, 1.82) is 0 Å². The summed E-state index contributed by atoms with van der Waals surface area (Å²) in [6, 6.07) is -0.918. The molecule has 2 N–H and O–H groups in total. The Bertz CT molecular complexity index is 1720. The Morgan fingerprint density at radius 3 is 1.24 bits per heavy atom. The number of hydrogen-bond acceptors (Lipinski definition) is 6. The topological polar surface area (TPSA) is 108 Å². The van der Waals surface area contributed by atoms with E-state index in [1.807, 2.05) is 27.2 Å². The molecule has 0 aliphatic rings. The summed E-state index contributed by atoms with van der Waals surface area (Å²) in [7, 11) is 1.22. The van der Waals surface area contributed by atoms with Gasteiger partial charge in [0, 0.05) is 6.42 Å². The maximum Gasteiger partial charge on any atom is 0.268 e. The van der Waals surface area contributed by atoms with Gasteiger partial charge in [-0.2, -0.15) is 0 Å². The monoisotopic (exact) mass is 1060 g/mol. The first kappa shape index (κ1) is 71.4. The summed E-state index contributed by atoms with van der Waals surface area (Å²) in [4.78, 5) is 25.5. The van der Waals surface area contributed by atoms with Crippen molar-refractivity contribution in [3.05, 3.63) is 146 Å². The van der Waals surface area contributed by atoms with Crippen molar-refractivity contribution in [3.63, 3.8) is 0 Å². The Balaban J connectivity index is 4.17. The van der Waals surface area contributed by atoms with E-state index in [4.69, 9.17) is 9.05 Å². The molecule has 8 nitrogen and oxygen atoms in total. The minimum Gasteiger partial charge on any atom is -0.756 e. The van der Waals surface area contributed by atoms with Crippen molar-refractivity contribution in [3.8, 4) is 0 Å². The smallest absolute Gasteiger partial charge is 0.268 e. The Labute approximate surface area is 461 Å². The molecule has 0 aromatic heterocycles. The molecule has 0 aliphatic carbocycles. The number of allylic oxidation sites excluding steroid dienone is 23. The fourth-order valence-electron chi connectivity index (χ4n) is 7.67. The molecule has 9 heteroatoms. The largest absolute Gasteiger partial charge is 0.756 e. The van der Waals surface area contributed by atoms with Crippen LogP contribution in [0.25, 0.3) is 0 Å². The third kappa shape index (κ3) is 57.9. The van der Waals surface area contributed by atoms with Crippen LogP contribution in [0.15, 0.2) is 146 Å². The van der Waals surface area contributed by atoms with E-state index in [9.17, 15) is 19.4 Å². The van der Waals surface area contributed by atoms with Crippen LogP contribution in [0.2, 0.25) is 0 Å². The molecule has 0 saturated carbocycles. The van der Waals surface area contributed by atoms with Gasteiger partial charge in [0.15, 0.2) is 0 Å². The second-order valence-electron chi connectivity index (χ2n) is 20.6. The molecule has 0 aromatic carbocycles. The predicted molar refractivity (Wildman–Crippen MR) is 325 cm³/mol. The summed E-state index contributed by atoms with van der Waals surface area (Å²) in [6.45, 7) is 4.48. The number of phosphoric acid groups is 1. The van der Waals surface area contributed by atoms with Crippen molar-refractivity contribution in [2.24, 2.45) is 0 Å². The molecule has 3 unspecified atom stereocenters. The van der Waals surface area contributed by atoms with Crippen LogP contribution < -0.4 is 10.2 Å². The van der Waals surface area contributed by atoms with Crippen LogP contribution in [0.3, 0.4) is 0 Å². The zero-order valence-corrected chi connectivity index (χ0v) is 49.3. The number of likely N-dealkylation sites (N-methyl/N-ethyl adjacent to an activating group) is 1. The molecule has 0 heterocycles. The van der Waals surface area contributed by atoms with E-state index in [-0.39, 0.29) is 12.5 Å². The molecule has 0 spiro atoms. The number of quaternary nitrogens is 1. The Kier molecular flexibility index (Phi) is 52.5. The predicted octanol–water partition coefficient (Wildman–Crippen LogP) is 17.8. The summed E-state index contributed by atoms with van der Waals surface area (Å²) < 4.78 is 23.3. The van der Waals surface area contributed by atoms with Crippen molar-refractivity contribution in [2.45, 2.75) is 225 Å². The number of unbranched alkanes of at least 4 members (excludes halogenated alkanes) is 17. The van der Waals surface area contributed by atoms with E-state index in [1.54, 1.807) is 6.08 Å². The normalized spacial score (nSPS) is 14.9. The van der Waals surface area contributed by atoms with Crippen molar-refractivity contribution in [2.75, 3.05) is 40.9 Å². The SMILES string of the molecule is CC/C=C\C/C=C\C/C=C\C/C=C\C/C=C\C/C=C\C/C=C\C/C=C\C/C=C\C/C=C\CCCCCCCCCCC(=O)NC(COP(=O)([O-])OCC[N+](C)(C)C)C(O)/C=C/CC/C=C/CCCCCCCCCC. The molecule has 0 aromatic rings. The minimum atomic E-state index is -4.61. The van der Waals surface area contributed by atoms with Gasteiger partial charge >= 0.3 is 0 Å². The van der Waals surface area contributed by atoms with Crippen LogP contribution in [0, 0.1) is 0 Å².